The van der Waals surface area contributed by atoms with Crippen molar-refractivity contribution >= 4 is 153 Å². The molecule has 0 aliphatic rings. The van der Waals surface area contributed by atoms with Crippen molar-refractivity contribution in [3.8, 4) is 0 Å². The molecule has 15 aromatic rings. The van der Waals surface area contributed by atoms with Crippen molar-refractivity contribution in [3.05, 3.63) is 224 Å². The molecule has 11 aromatic carbocycles. The number of pyridine rings is 1. The summed E-state index contributed by atoms with van der Waals surface area (Å²) in [5.41, 5.74) is 8.57. The van der Waals surface area contributed by atoms with E-state index < -0.39 is 0 Å². The molecule has 0 spiro atoms. The van der Waals surface area contributed by atoms with E-state index in [1.165, 1.54) is 48.5 Å². The maximum absolute atomic E-state index is 6.47. The van der Waals surface area contributed by atoms with Gasteiger partial charge in [0.15, 0.2) is 0 Å². The van der Waals surface area contributed by atoms with Crippen LogP contribution < -0.4 is 9.80 Å². The van der Waals surface area contributed by atoms with Gasteiger partial charge in [0.1, 0.15) is 33.0 Å². The number of thiophene rings is 1. The highest BCUT2D eigenvalue weighted by Gasteiger charge is 2.21. The second-order valence-electron chi connectivity index (χ2n) is 18.0. The predicted molar refractivity (Wildman–Crippen MR) is 291 cm³/mol. The number of anilines is 6. The Hall–Kier alpha value is -8.97. The van der Waals surface area contributed by atoms with Crippen LogP contribution in [0.25, 0.3) is 107 Å². The lowest BCUT2D eigenvalue weighted by molar-refractivity contribution is 0.668. The second kappa shape index (κ2) is 14.8. The van der Waals surface area contributed by atoms with Gasteiger partial charge in [0, 0.05) is 71.9 Å². The molecule has 0 aliphatic carbocycles. The molecule has 0 aliphatic heterocycles. The summed E-state index contributed by atoms with van der Waals surface area (Å²) in [5, 5.41) is 16.3. The number of nitrogens with zero attached hydrogens (tertiary/aromatic N) is 3. The molecule has 0 saturated heterocycles. The molecule has 0 bridgehead atoms. The summed E-state index contributed by atoms with van der Waals surface area (Å²) < 4.78 is 14.1. The highest BCUT2D eigenvalue weighted by Crippen LogP contribution is 2.45. The van der Waals surface area contributed by atoms with Gasteiger partial charge in [-0.05, 0) is 152 Å². The van der Waals surface area contributed by atoms with Crippen LogP contribution in [0.2, 0.25) is 0 Å². The summed E-state index contributed by atoms with van der Waals surface area (Å²) >= 11 is 1.72. The molecule has 0 N–H and O–H groups in total. The number of benzene rings is 11. The first-order valence-corrected chi connectivity index (χ1v) is 24.0. The molecule has 69 heavy (non-hydrogen) atoms. The summed E-state index contributed by atoms with van der Waals surface area (Å²) in [5.74, 6) is 0.828. The van der Waals surface area contributed by atoms with E-state index >= 15 is 0 Å². The third-order valence-electron chi connectivity index (χ3n) is 13.9. The van der Waals surface area contributed by atoms with Crippen LogP contribution in [0.4, 0.5) is 34.3 Å². The van der Waals surface area contributed by atoms with Gasteiger partial charge in [0.25, 0.3) is 0 Å². The summed E-state index contributed by atoms with van der Waals surface area (Å²) in [7, 11) is 0. The highest BCUT2D eigenvalue weighted by atomic mass is 32.1. The molecular weight excluding hydrogens is 863 g/mol. The number of fused-ring (bicyclic) bond motifs is 13. The normalized spacial score (nSPS) is 12.1. The van der Waals surface area contributed by atoms with Crippen LogP contribution in [0.15, 0.2) is 233 Å². The van der Waals surface area contributed by atoms with Crippen LogP contribution in [0.5, 0.6) is 0 Å². The topological polar surface area (TPSA) is 45.7 Å². The molecule has 0 fully saturated rings. The van der Waals surface area contributed by atoms with E-state index in [-0.39, 0.29) is 0 Å². The summed E-state index contributed by atoms with van der Waals surface area (Å²) in [6.45, 7) is 0. The molecule has 322 valence electrons. The van der Waals surface area contributed by atoms with Gasteiger partial charge in [-0.3, -0.25) is 4.90 Å². The van der Waals surface area contributed by atoms with Crippen LogP contribution >= 0.6 is 11.3 Å². The van der Waals surface area contributed by atoms with Gasteiger partial charge in [0.05, 0.1) is 5.69 Å². The Morgan fingerprint density at radius 3 is 1.28 bits per heavy atom. The zero-order chi connectivity index (χ0) is 45.2. The van der Waals surface area contributed by atoms with E-state index in [1.54, 1.807) is 11.3 Å². The lowest BCUT2D eigenvalue weighted by Gasteiger charge is -2.26. The summed E-state index contributed by atoms with van der Waals surface area (Å²) in [6, 6.07) is 80.5. The Balaban J connectivity index is 0.887. The Bertz CT molecular complexity index is 4310. The first-order valence-electron chi connectivity index (χ1n) is 23.2. The Kier molecular flexibility index (Phi) is 8.17. The van der Waals surface area contributed by atoms with Crippen molar-refractivity contribution in [2.24, 2.45) is 0 Å². The molecule has 6 heteroatoms. The van der Waals surface area contributed by atoms with Gasteiger partial charge < -0.3 is 13.7 Å². The molecule has 0 radical (unpaired) electrons. The van der Waals surface area contributed by atoms with Crippen molar-refractivity contribution < 1.29 is 8.83 Å². The van der Waals surface area contributed by atoms with Gasteiger partial charge in [-0.15, -0.1) is 11.3 Å². The molecule has 4 aromatic heterocycles. The summed E-state index contributed by atoms with van der Waals surface area (Å²) in [4.78, 5) is 11.1. The maximum Gasteiger partial charge on any atom is 0.139 e. The maximum atomic E-state index is 6.47. The molecule has 0 amide bonds. The monoisotopic (exact) mass is 899 g/mol. The van der Waals surface area contributed by atoms with Crippen molar-refractivity contribution in [2.75, 3.05) is 9.80 Å². The lowest BCUT2D eigenvalue weighted by atomic mass is 10.0. The average Bonchev–Trinajstić information content (AvgIpc) is 4.08. The van der Waals surface area contributed by atoms with Crippen LogP contribution in [-0.2, 0) is 0 Å². The van der Waals surface area contributed by atoms with Crippen LogP contribution in [-0.4, -0.2) is 4.98 Å². The van der Waals surface area contributed by atoms with E-state index in [4.69, 9.17) is 13.8 Å². The number of rotatable bonds is 6. The van der Waals surface area contributed by atoms with E-state index in [0.717, 1.165) is 93.0 Å². The summed E-state index contributed by atoms with van der Waals surface area (Å²) in [6.07, 6.45) is 0. The van der Waals surface area contributed by atoms with Gasteiger partial charge in [0.2, 0.25) is 0 Å². The minimum absolute atomic E-state index is 0.828. The number of para-hydroxylation sites is 2. The average molecular weight is 900 g/mol. The number of hydrogen-bond acceptors (Lipinski definition) is 6. The minimum Gasteiger partial charge on any atom is -0.456 e. The van der Waals surface area contributed by atoms with E-state index in [1.807, 2.05) is 24.3 Å². The zero-order valence-corrected chi connectivity index (χ0v) is 37.7. The fourth-order valence-electron chi connectivity index (χ4n) is 10.6. The fourth-order valence-corrected chi connectivity index (χ4v) is 11.7. The SMILES string of the molecule is c1ccc2cc3cc(N(c4ccc5c(c4)oc4ccccc45)c4ccc5c(c4)sc4nc(N(c6ccc7cc8ccccc8cc7c6)c6ccc7c(c6)oc6ccccc67)ccc45)ccc3cc2c1. The molecule has 5 nitrogen and oxygen atoms in total. The van der Waals surface area contributed by atoms with Gasteiger partial charge in [-0.25, -0.2) is 4.98 Å². The van der Waals surface area contributed by atoms with Crippen LogP contribution in [0, 0.1) is 0 Å². The zero-order valence-electron chi connectivity index (χ0n) is 36.9. The molecule has 0 unspecified atom stereocenters. The number of furan rings is 2. The predicted octanol–water partition coefficient (Wildman–Crippen LogP) is 18.8. The van der Waals surface area contributed by atoms with Gasteiger partial charge in [-0.1, -0.05) is 103 Å². The molecule has 0 saturated carbocycles. The molecular formula is C63H37N3O2S. The van der Waals surface area contributed by atoms with Crippen molar-refractivity contribution in [2.45, 2.75) is 0 Å². The van der Waals surface area contributed by atoms with E-state index in [9.17, 15) is 0 Å². The minimum atomic E-state index is 0.828. The van der Waals surface area contributed by atoms with Crippen molar-refractivity contribution in [1.82, 2.24) is 4.98 Å². The van der Waals surface area contributed by atoms with Crippen molar-refractivity contribution in [1.29, 1.82) is 0 Å². The Labute approximate surface area is 398 Å². The third kappa shape index (κ3) is 6.13. The standard InChI is InChI=1S/C63H37N3O2S/c1-3-11-40-31-44-33-46(19-17-42(44)29-38(40)9-1)65(48-21-24-53-51-13-5-7-15-57(51)67-59(53)35-48)50-23-26-55-56-27-28-62(64-63(56)69-61(55)37-50)66(49-22-25-54-52-14-6-8-16-58(52)68-60(54)36-49)47-20-18-43-30-39-10-2-4-12-41(39)32-45(43)34-47/h1-37H. The van der Waals surface area contributed by atoms with Gasteiger partial charge in [-0.2, -0.15) is 0 Å². The smallest absolute Gasteiger partial charge is 0.139 e. The first kappa shape index (κ1) is 38.2. The molecule has 15 rings (SSSR count). The van der Waals surface area contributed by atoms with Crippen molar-refractivity contribution in [3.63, 3.8) is 0 Å². The molecule has 0 atom stereocenters. The van der Waals surface area contributed by atoms with E-state index in [2.05, 4.69) is 210 Å². The van der Waals surface area contributed by atoms with Gasteiger partial charge >= 0.3 is 0 Å². The Morgan fingerprint density at radius 1 is 0.290 bits per heavy atom. The Morgan fingerprint density at radius 2 is 0.696 bits per heavy atom. The number of hydrogen-bond donors (Lipinski definition) is 0. The highest BCUT2D eigenvalue weighted by molar-refractivity contribution is 7.25. The lowest BCUT2D eigenvalue weighted by Crippen LogP contribution is -2.11. The van der Waals surface area contributed by atoms with E-state index in [0.29, 0.717) is 0 Å². The van der Waals surface area contributed by atoms with Crippen LogP contribution in [0.3, 0.4) is 0 Å². The first-order chi connectivity index (χ1) is 34.1. The third-order valence-corrected chi connectivity index (χ3v) is 15.0. The quantitative estimate of drug-likeness (QED) is 0.156. The number of aromatic nitrogens is 1. The van der Waals surface area contributed by atoms with Crippen LogP contribution in [0.1, 0.15) is 0 Å². The molecule has 4 heterocycles. The largest absolute Gasteiger partial charge is 0.456 e. The fraction of sp³-hybridized carbons (Fsp3) is 0. The second-order valence-corrected chi connectivity index (χ2v) is 19.0.